The summed E-state index contributed by atoms with van der Waals surface area (Å²) >= 11 is 0. The number of halogens is 1. The van der Waals surface area contributed by atoms with Gasteiger partial charge in [0.2, 0.25) is 5.95 Å². The summed E-state index contributed by atoms with van der Waals surface area (Å²) in [7, 11) is 0. The second kappa shape index (κ2) is 5.95. The average molecular weight is 253 g/mol. The molecule has 1 aliphatic carbocycles. The Kier molecular flexibility index (Phi) is 4.30. The van der Waals surface area contributed by atoms with Gasteiger partial charge in [0.1, 0.15) is 0 Å². The molecule has 5 nitrogen and oxygen atoms in total. The monoisotopic (exact) mass is 253 g/mol. The van der Waals surface area contributed by atoms with Crippen molar-refractivity contribution in [3.63, 3.8) is 0 Å². The molecule has 0 spiro atoms. The molecule has 0 radical (unpaired) electrons. The van der Waals surface area contributed by atoms with Crippen LogP contribution in [-0.2, 0) is 0 Å². The van der Waals surface area contributed by atoms with Crippen molar-refractivity contribution < 1.29 is 4.39 Å². The fourth-order valence-electron chi connectivity index (χ4n) is 2.48. The van der Waals surface area contributed by atoms with Gasteiger partial charge in [0.05, 0.1) is 6.20 Å². The molecule has 1 heterocycles. The van der Waals surface area contributed by atoms with Gasteiger partial charge in [0.15, 0.2) is 11.6 Å². The number of nitrogens with one attached hydrogen (secondary N) is 2. The van der Waals surface area contributed by atoms with Crippen LogP contribution in [0.25, 0.3) is 0 Å². The van der Waals surface area contributed by atoms with E-state index in [0.29, 0.717) is 11.8 Å². The summed E-state index contributed by atoms with van der Waals surface area (Å²) in [6.45, 7) is 3.01. The highest BCUT2D eigenvalue weighted by Crippen LogP contribution is 2.29. The van der Waals surface area contributed by atoms with E-state index in [0.717, 1.165) is 12.7 Å². The van der Waals surface area contributed by atoms with Gasteiger partial charge in [-0.15, -0.1) is 0 Å². The van der Waals surface area contributed by atoms with Gasteiger partial charge in [-0.05, 0) is 18.3 Å². The van der Waals surface area contributed by atoms with E-state index in [1.54, 1.807) is 0 Å². The number of hydrazine groups is 1. The Morgan fingerprint density at radius 1 is 1.44 bits per heavy atom. The van der Waals surface area contributed by atoms with Crippen LogP contribution < -0.4 is 16.6 Å². The van der Waals surface area contributed by atoms with Gasteiger partial charge in [-0.1, -0.05) is 26.2 Å². The molecule has 2 unspecified atom stereocenters. The molecule has 2 rings (SSSR count). The van der Waals surface area contributed by atoms with Gasteiger partial charge in [-0.3, -0.25) is 5.43 Å². The minimum Gasteiger partial charge on any atom is -0.367 e. The first-order valence-electron chi connectivity index (χ1n) is 6.43. The molecule has 1 aromatic heterocycles. The zero-order valence-corrected chi connectivity index (χ0v) is 10.6. The number of anilines is 2. The number of nitrogens with two attached hydrogens (primary N) is 1. The van der Waals surface area contributed by atoms with Crippen LogP contribution in [0.15, 0.2) is 6.20 Å². The van der Waals surface area contributed by atoms with E-state index in [1.807, 2.05) is 0 Å². The molecule has 0 amide bonds. The van der Waals surface area contributed by atoms with E-state index in [-0.39, 0.29) is 11.8 Å². The van der Waals surface area contributed by atoms with Crippen LogP contribution in [0, 0.1) is 17.7 Å². The molecule has 1 aliphatic rings. The lowest BCUT2D eigenvalue weighted by molar-refractivity contribution is 0.268. The van der Waals surface area contributed by atoms with Gasteiger partial charge < -0.3 is 5.32 Å². The van der Waals surface area contributed by atoms with Crippen molar-refractivity contribution >= 4 is 11.8 Å². The lowest BCUT2D eigenvalue weighted by Gasteiger charge is -2.29. The maximum Gasteiger partial charge on any atom is 0.239 e. The van der Waals surface area contributed by atoms with E-state index >= 15 is 0 Å². The molecule has 0 aliphatic heterocycles. The number of nitrogen functional groups attached to an aromatic ring is 1. The molecule has 1 fully saturated rings. The Morgan fingerprint density at radius 3 is 2.94 bits per heavy atom. The fraction of sp³-hybridized carbons (Fsp3) is 0.667. The second-order valence-corrected chi connectivity index (χ2v) is 4.94. The summed E-state index contributed by atoms with van der Waals surface area (Å²) < 4.78 is 13.5. The topological polar surface area (TPSA) is 75.9 Å². The Bertz CT molecular complexity index is 398. The second-order valence-electron chi connectivity index (χ2n) is 4.94. The zero-order valence-electron chi connectivity index (χ0n) is 10.6. The Morgan fingerprint density at radius 2 is 2.22 bits per heavy atom. The first-order chi connectivity index (χ1) is 8.70. The van der Waals surface area contributed by atoms with E-state index in [4.69, 9.17) is 5.84 Å². The van der Waals surface area contributed by atoms with E-state index in [1.165, 1.54) is 25.7 Å². The van der Waals surface area contributed by atoms with E-state index < -0.39 is 5.82 Å². The third-order valence-corrected chi connectivity index (χ3v) is 3.69. The van der Waals surface area contributed by atoms with Crippen molar-refractivity contribution in [3.05, 3.63) is 12.0 Å². The van der Waals surface area contributed by atoms with Gasteiger partial charge in [-0.2, -0.15) is 4.98 Å². The normalized spacial score (nSPS) is 23.7. The molecule has 0 bridgehead atoms. The summed E-state index contributed by atoms with van der Waals surface area (Å²) in [6, 6.07) is 0. The van der Waals surface area contributed by atoms with Crippen LogP contribution >= 0.6 is 0 Å². The predicted octanol–water partition coefficient (Wildman–Crippen LogP) is 2.14. The molecule has 0 saturated heterocycles. The number of aromatic nitrogens is 2. The Labute approximate surface area is 106 Å². The minimum atomic E-state index is -0.447. The lowest BCUT2D eigenvalue weighted by Crippen LogP contribution is -2.25. The van der Waals surface area contributed by atoms with Gasteiger partial charge >= 0.3 is 0 Å². The smallest absolute Gasteiger partial charge is 0.239 e. The molecule has 18 heavy (non-hydrogen) atoms. The number of hydrogen-bond donors (Lipinski definition) is 3. The summed E-state index contributed by atoms with van der Waals surface area (Å²) in [5.41, 5.74) is 2.31. The SMILES string of the molecule is CC1CCCCC1CNc1nc(NN)ncc1F. The predicted molar refractivity (Wildman–Crippen MR) is 69.4 cm³/mol. The van der Waals surface area contributed by atoms with E-state index in [9.17, 15) is 4.39 Å². The largest absolute Gasteiger partial charge is 0.367 e. The first-order valence-corrected chi connectivity index (χ1v) is 6.43. The zero-order chi connectivity index (χ0) is 13.0. The number of rotatable bonds is 4. The molecule has 1 aromatic rings. The highest BCUT2D eigenvalue weighted by Gasteiger charge is 2.21. The van der Waals surface area contributed by atoms with Crippen molar-refractivity contribution in [3.8, 4) is 0 Å². The van der Waals surface area contributed by atoms with Crippen molar-refractivity contribution in [2.75, 3.05) is 17.3 Å². The molecule has 0 aromatic carbocycles. The van der Waals surface area contributed by atoms with Crippen LogP contribution in [0.1, 0.15) is 32.6 Å². The summed E-state index contributed by atoms with van der Waals surface area (Å²) in [6.07, 6.45) is 6.14. The third kappa shape index (κ3) is 3.07. The van der Waals surface area contributed by atoms with Gasteiger partial charge in [-0.25, -0.2) is 15.2 Å². The summed E-state index contributed by atoms with van der Waals surface area (Å²) in [5.74, 6) is 6.46. The van der Waals surface area contributed by atoms with Crippen LogP contribution in [0.5, 0.6) is 0 Å². The van der Waals surface area contributed by atoms with Crippen LogP contribution in [-0.4, -0.2) is 16.5 Å². The average Bonchev–Trinajstić information content (AvgIpc) is 2.39. The molecule has 4 N–H and O–H groups in total. The van der Waals surface area contributed by atoms with Crippen LogP contribution in [0.2, 0.25) is 0 Å². The number of nitrogens with zero attached hydrogens (tertiary/aromatic N) is 2. The quantitative estimate of drug-likeness (QED) is 0.566. The van der Waals surface area contributed by atoms with Crippen LogP contribution in [0.3, 0.4) is 0 Å². The number of hydrogen-bond acceptors (Lipinski definition) is 5. The fourth-order valence-corrected chi connectivity index (χ4v) is 2.48. The van der Waals surface area contributed by atoms with Gasteiger partial charge in [0, 0.05) is 6.54 Å². The first kappa shape index (κ1) is 13.0. The molecule has 100 valence electrons. The Hall–Kier alpha value is -1.43. The highest BCUT2D eigenvalue weighted by molar-refractivity contribution is 5.40. The van der Waals surface area contributed by atoms with E-state index in [2.05, 4.69) is 27.6 Å². The Balaban J connectivity index is 1.96. The highest BCUT2D eigenvalue weighted by atomic mass is 19.1. The lowest BCUT2D eigenvalue weighted by atomic mass is 9.80. The maximum atomic E-state index is 13.5. The van der Waals surface area contributed by atoms with Crippen molar-refractivity contribution in [2.24, 2.45) is 17.7 Å². The molecule has 6 heteroatoms. The van der Waals surface area contributed by atoms with Crippen molar-refractivity contribution in [1.29, 1.82) is 0 Å². The third-order valence-electron chi connectivity index (χ3n) is 3.69. The standard InChI is InChI=1S/C12H20FN5/c1-8-4-2-3-5-9(8)6-15-11-10(13)7-16-12(17-11)18-14/h7-9H,2-6,14H2,1H3,(H2,15,16,17,18). The van der Waals surface area contributed by atoms with Gasteiger partial charge in [0.25, 0.3) is 0 Å². The minimum absolute atomic E-state index is 0.218. The molecule has 1 saturated carbocycles. The van der Waals surface area contributed by atoms with Crippen molar-refractivity contribution in [2.45, 2.75) is 32.6 Å². The van der Waals surface area contributed by atoms with Crippen LogP contribution in [0.4, 0.5) is 16.2 Å². The molecular weight excluding hydrogens is 233 g/mol. The van der Waals surface area contributed by atoms with Crippen molar-refractivity contribution in [1.82, 2.24) is 9.97 Å². The molecular formula is C12H20FN5. The summed E-state index contributed by atoms with van der Waals surface area (Å²) in [4.78, 5) is 7.67. The maximum absolute atomic E-state index is 13.5. The molecule has 2 atom stereocenters. The summed E-state index contributed by atoms with van der Waals surface area (Å²) in [5, 5.41) is 3.07.